The highest BCUT2D eigenvalue weighted by Crippen LogP contribution is 2.77. The van der Waals surface area contributed by atoms with Crippen molar-refractivity contribution in [2.45, 2.75) is 122 Å². The Bertz CT molecular complexity index is 2750. The number of benzene rings is 3. The second-order valence-corrected chi connectivity index (χ2v) is 24.3. The molecule has 11 heteroatoms. The molecular weight excluding hydrogens is 881 g/mol. The molecule has 4 N–H and O–H groups in total. The lowest BCUT2D eigenvalue weighted by atomic mass is 9.32. The summed E-state index contributed by atoms with van der Waals surface area (Å²) in [5, 5.41) is 9.14. The molecule has 1 unspecified atom stereocenters. The van der Waals surface area contributed by atoms with Crippen molar-refractivity contribution in [3.63, 3.8) is 0 Å². The van der Waals surface area contributed by atoms with E-state index in [9.17, 15) is 9.59 Å². The van der Waals surface area contributed by atoms with Crippen LogP contribution in [0, 0.1) is 51.8 Å². The molecule has 1 atom stereocenters. The Morgan fingerprint density at radius 2 is 1.25 bits per heavy atom. The zero-order valence-electron chi connectivity index (χ0n) is 41.5. The number of likely N-dealkylation sites (tertiary alicyclic amines) is 2. The van der Waals surface area contributed by atoms with Crippen LogP contribution >= 0.6 is 0 Å². The molecule has 2 aliphatic heterocycles. The summed E-state index contributed by atoms with van der Waals surface area (Å²) in [6.07, 6.45) is 17.2. The van der Waals surface area contributed by atoms with Crippen LogP contribution in [0.15, 0.2) is 91.0 Å². The second-order valence-electron chi connectivity index (χ2n) is 24.3. The van der Waals surface area contributed by atoms with Crippen LogP contribution in [0.3, 0.4) is 0 Å². The van der Waals surface area contributed by atoms with E-state index < -0.39 is 5.41 Å². The van der Waals surface area contributed by atoms with Crippen molar-refractivity contribution in [3.05, 3.63) is 96.6 Å². The van der Waals surface area contributed by atoms with E-state index in [1.807, 2.05) is 17.0 Å². The minimum atomic E-state index is -0.975. The lowest BCUT2D eigenvalue weighted by Crippen LogP contribution is -2.70. The first-order valence-electron chi connectivity index (χ1n) is 27.6. The molecule has 2 aromatic heterocycles. The summed E-state index contributed by atoms with van der Waals surface area (Å²) >= 11 is 0. The van der Waals surface area contributed by atoms with Crippen LogP contribution in [0.2, 0.25) is 0 Å². The predicted octanol–water partition coefficient (Wildman–Crippen LogP) is 10.9. The molecule has 8 aliphatic carbocycles. The fourth-order valence-electron chi connectivity index (χ4n) is 18.0. The van der Waals surface area contributed by atoms with Crippen LogP contribution in [-0.2, 0) is 20.9 Å². The second kappa shape index (κ2) is 17.9. The van der Waals surface area contributed by atoms with Gasteiger partial charge in [0.25, 0.3) is 0 Å². The highest BCUT2D eigenvalue weighted by atomic mass is 16.2. The zero-order chi connectivity index (χ0) is 47.9. The molecule has 8 bridgehead atoms. The maximum atomic E-state index is 17.7. The van der Waals surface area contributed by atoms with Gasteiger partial charge in [-0.05, 0) is 197 Å². The van der Waals surface area contributed by atoms with Gasteiger partial charge < -0.3 is 21.3 Å². The number of fused-ring (bicyclic) bond motifs is 2. The molecule has 8 saturated carbocycles. The van der Waals surface area contributed by atoms with E-state index in [0.29, 0.717) is 48.5 Å². The van der Waals surface area contributed by atoms with Crippen LogP contribution in [-0.4, -0.2) is 76.3 Å². The Kier molecular flexibility index (Phi) is 11.4. The first-order chi connectivity index (χ1) is 34.6. The third kappa shape index (κ3) is 7.98. The van der Waals surface area contributed by atoms with E-state index >= 15 is 4.79 Å². The quantitative estimate of drug-likeness (QED) is 0.0832. The van der Waals surface area contributed by atoms with Crippen molar-refractivity contribution >= 4 is 62.5 Å². The third-order valence-corrected chi connectivity index (χ3v) is 19.7. The van der Waals surface area contributed by atoms with E-state index in [4.69, 9.17) is 15.7 Å². The fraction of sp³-hybridized carbons (Fsp3) is 0.550. The minimum absolute atomic E-state index is 0.0746. The smallest absolute Gasteiger partial charge is 0.239 e. The number of aromatic nitrogens is 2. The molecular formula is C60H72N8O3. The number of rotatable bonds is 16. The van der Waals surface area contributed by atoms with E-state index in [1.54, 1.807) is 0 Å². The van der Waals surface area contributed by atoms with Crippen molar-refractivity contribution < 1.29 is 14.4 Å². The first-order valence-corrected chi connectivity index (χ1v) is 27.6. The van der Waals surface area contributed by atoms with Crippen molar-refractivity contribution in [2.75, 3.05) is 48.3 Å². The highest BCUT2D eigenvalue weighted by molar-refractivity contribution is 6.15. The summed E-state index contributed by atoms with van der Waals surface area (Å²) in [6, 6.07) is 31.9. The van der Waals surface area contributed by atoms with Crippen molar-refractivity contribution in [1.29, 1.82) is 0 Å². The van der Waals surface area contributed by atoms with Gasteiger partial charge in [-0.15, -0.1) is 0 Å². The van der Waals surface area contributed by atoms with Gasteiger partial charge in [0, 0.05) is 68.9 Å². The predicted molar refractivity (Wildman–Crippen MR) is 281 cm³/mol. The zero-order valence-corrected chi connectivity index (χ0v) is 41.5. The number of nitrogens with two attached hydrogens (primary N) is 1. The van der Waals surface area contributed by atoms with Gasteiger partial charge in [-0.1, -0.05) is 42.5 Å². The van der Waals surface area contributed by atoms with Crippen LogP contribution < -0.4 is 21.3 Å². The number of nitrogens with zero attached hydrogens (tertiary/aromatic N) is 5. The van der Waals surface area contributed by atoms with Crippen LogP contribution in [0.5, 0.6) is 0 Å². The largest absolute Gasteiger partial charge is 0.370 e. The number of nitrogens with one attached hydrogen (secondary N) is 2. The molecule has 11 nitrogen and oxygen atoms in total. The van der Waals surface area contributed by atoms with E-state index in [1.165, 1.54) is 44.1 Å². The maximum absolute atomic E-state index is 17.7. The molecule has 370 valence electrons. The van der Waals surface area contributed by atoms with E-state index in [-0.39, 0.29) is 41.0 Å². The molecule has 15 rings (SSSR count). The summed E-state index contributed by atoms with van der Waals surface area (Å²) in [5.74, 6) is 5.13. The molecule has 3 amide bonds. The van der Waals surface area contributed by atoms with Gasteiger partial charge in [-0.3, -0.25) is 24.2 Å². The van der Waals surface area contributed by atoms with Crippen molar-refractivity contribution in [3.8, 4) is 0 Å². The summed E-state index contributed by atoms with van der Waals surface area (Å²) < 4.78 is 0. The molecule has 0 radical (unpaired) electrons. The molecule has 10 fully saturated rings. The van der Waals surface area contributed by atoms with Gasteiger partial charge in [-0.25, -0.2) is 9.97 Å². The summed E-state index contributed by atoms with van der Waals surface area (Å²) in [5.41, 5.74) is 9.64. The maximum Gasteiger partial charge on any atom is 0.239 e. The van der Waals surface area contributed by atoms with E-state index in [0.717, 1.165) is 135 Å². The molecule has 71 heavy (non-hydrogen) atoms. The normalized spacial score (nSPS) is 31.4. The minimum Gasteiger partial charge on any atom is -0.370 e. The number of hydrogen-bond acceptors (Lipinski definition) is 8. The molecule has 10 aliphatic rings. The van der Waals surface area contributed by atoms with E-state index in [2.05, 4.69) is 99.3 Å². The van der Waals surface area contributed by atoms with Crippen LogP contribution in [0.4, 0.5) is 23.0 Å². The third-order valence-electron chi connectivity index (χ3n) is 19.7. The Morgan fingerprint density at radius 3 is 1.80 bits per heavy atom. The Balaban J connectivity index is 0.921. The molecule has 3 aromatic carbocycles. The van der Waals surface area contributed by atoms with Gasteiger partial charge in [0.1, 0.15) is 11.6 Å². The van der Waals surface area contributed by atoms with Gasteiger partial charge in [0.05, 0.1) is 27.8 Å². The molecule has 0 spiro atoms. The number of hydrogen-bond donors (Lipinski definition) is 3. The van der Waals surface area contributed by atoms with Crippen LogP contribution in [0.25, 0.3) is 21.8 Å². The number of amides is 3. The molecule has 4 heterocycles. The number of carbonyl (C=O) groups is 3. The fourth-order valence-corrected chi connectivity index (χ4v) is 18.0. The SMILES string of the molecule is NC(=O)CC(C(=O)N(c1cccc2nc(NCCCN3CCCC3=O)ccc12)c1cccc2nc(NC3CCN(Cc4ccccc4)C3)ccc12)(C12CC3CC(CC(C3)C1)C2)C12CC3CC(CC(C3)C1)C2. The average molecular weight is 953 g/mol. The number of anilines is 4. The van der Waals surface area contributed by atoms with Crippen molar-refractivity contribution in [2.24, 2.45) is 57.5 Å². The van der Waals surface area contributed by atoms with Gasteiger partial charge in [0.2, 0.25) is 17.7 Å². The van der Waals surface area contributed by atoms with Crippen LogP contribution in [0.1, 0.15) is 115 Å². The lowest BCUT2D eigenvalue weighted by Gasteiger charge is -2.72. The summed E-state index contributed by atoms with van der Waals surface area (Å²) in [4.78, 5) is 61.4. The topological polar surface area (TPSA) is 137 Å². The number of pyridine rings is 2. The molecule has 2 saturated heterocycles. The monoisotopic (exact) mass is 953 g/mol. The Morgan fingerprint density at radius 1 is 0.690 bits per heavy atom. The van der Waals surface area contributed by atoms with Gasteiger partial charge in [-0.2, -0.15) is 0 Å². The van der Waals surface area contributed by atoms with Gasteiger partial charge in [0.15, 0.2) is 0 Å². The number of carbonyl (C=O) groups excluding carboxylic acids is 3. The van der Waals surface area contributed by atoms with Crippen molar-refractivity contribution in [1.82, 2.24) is 19.8 Å². The first kappa shape index (κ1) is 45.3. The standard InChI is InChI=1S/C60H72N8O3/c61-53(69)36-60(58-30-40-24-41(31-58)26-42(25-40)32-58,59-33-43-27-44(34-59)29-45(28-43)35-59)57(71)68(51-12-4-10-49-47(51)15-17-54(64-49)62-20-7-22-67-21-6-14-56(67)70)52-13-5-11-50-48(52)16-18-55(65-50)63-46-19-23-66(38-46)37-39-8-2-1-3-9-39/h1-5,8-13,15-18,40-46H,6-7,14,19-38H2,(H2,61,69)(H,62,64)(H,63,65). The average Bonchev–Trinajstić information content (AvgIpc) is 3.98. The lowest BCUT2D eigenvalue weighted by molar-refractivity contribution is -0.226. The summed E-state index contributed by atoms with van der Waals surface area (Å²) in [7, 11) is 0. The highest BCUT2D eigenvalue weighted by Gasteiger charge is 2.74. The Hall–Kier alpha value is -5.55. The number of primary amides is 1. The molecule has 5 aromatic rings. The van der Waals surface area contributed by atoms with Gasteiger partial charge >= 0.3 is 0 Å². The Labute approximate surface area is 419 Å². The summed E-state index contributed by atoms with van der Waals surface area (Å²) in [6.45, 7) is 5.19.